The lowest BCUT2D eigenvalue weighted by Gasteiger charge is -2.19. The lowest BCUT2D eigenvalue weighted by molar-refractivity contribution is 0.367. The van der Waals surface area contributed by atoms with E-state index in [4.69, 9.17) is 16.3 Å². The Morgan fingerprint density at radius 1 is 1.43 bits per heavy atom. The zero-order valence-electron chi connectivity index (χ0n) is 13.8. The first kappa shape index (κ1) is 16.1. The first-order valence-electron chi connectivity index (χ1n) is 7.89. The third kappa shape index (κ3) is 3.46. The molecule has 0 amide bonds. The van der Waals surface area contributed by atoms with Gasteiger partial charge in [-0.15, -0.1) is 0 Å². The number of hydrogen-bond donors (Lipinski definition) is 1. The van der Waals surface area contributed by atoms with Crippen molar-refractivity contribution in [1.82, 2.24) is 15.1 Å². The van der Waals surface area contributed by atoms with Crippen LogP contribution in [0.3, 0.4) is 0 Å². The van der Waals surface area contributed by atoms with Gasteiger partial charge in [0.1, 0.15) is 0 Å². The molecule has 3 rings (SSSR count). The van der Waals surface area contributed by atoms with Crippen LogP contribution in [0.4, 0.5) is 5.69 Å². The summed E-state index contributed by atoms with van der Waals surface area (Å²) in [7, 11) is 3.60. The number of aromatic nitrogens is 2. The summed E-state index contributed by atoms with van der Waals surface area (Å²) >= 11 is 6.09. The minimum absolute atomic E-state index is 0.457. The number of benzene rings is 1. The predicted octanol–water partition coefficient (Wildman–Crippen LogP) is 2.76. The van der Waals surface area contributed by atoms with E-state index in [9.17, 15) is 0 Å². The molecular weight excluding hydrogens is 312 g/mol. The maximum absolute atomic E-state index is 6.09. The van der Waals surface area contributed by atoms with Crippen LogP contribution in [0.5, 0.6) is 5.88 Å². The first-order valence-corrected chi connectivity index (χ1v) is 8.26. The van der Waals surface area contributed by atoms with Crippen molar-refractivity contribution in [3.05, 3.63) is 40.5 Å². The predicted molar refractivity (Wildman–Crippen MR) is 93.4 cm³/mol. The van der Waals surface area contributed by atoms with Gasteiger partial charge in [0.05, 0.1) is 18.4 Å². The molecule has 0 radical (unpaired) electrons. The van der Waals surface area contributed by atoms with Crippen molar-refractivity contribution in [3.8, 4) is 5.88 Å². The average Bonchev–Trinajstić information content (AvgIpc) is 3.09. The molecule has 1 saturated heterocycles. The van der Waals surface area contributed by atoms with E-state index in [1.54, 1.807) is 11.8 Å². The van der Waals surface area contributed by atoms with Gasteiger partial charge in [-0.3, -0.25) is 0 Å². The number of rotatable bonds is 5. The van der Waals surface area contributed by atoms with Crippen LogP contribution in [-0.2, 0) is 13.6 Å². The number of halogens is 1. The molecule has 6 heteroatoms. The number of ether oxygens (including phenoxy) is 1. The number of nitrogens with zero attached hydrogens (tertiary/aromatic N) is 3. The Hall–Kier alpha value is -1.72. The molecular formula is C17H23ClN4O. The van der Waals surface area contributed by atoms with Crippen molar-refractivity contribution in [2.24, 2.45) is 7.05 Å². The SMILES string of the molecule is COc1c(CNC2CCN(c3cccc(Cl)c3)C2)c(C)nn1C. The molecule has 1 aliphatic heterocycles. The van der Waals surface area contributed by atoms with Crippen LogP contribution in [-0.4, -0.2) is 36.0 Å². The Morgan fingerprint density at radius 3 is 3.00 bits per heavy atom. The van der Waals surface area contributed by atoms with Crippen molar-refractivity contribution in [2.45, 2.75) is 25.9 Å². The van der Waals surface area contributed by atoms with Crippen LogP contribution in [0, 0.1) is 6.92 Å². The molecule has 1 fully saturated rings. The van der Waals surface area contributed by atoms with Crippen LogP contribution < -0.4 is 15.0 Å². The summed E-state index contributed by atoms with van der Waals surface area (Å²) in [4.78, 5) is 2.37. The molecule has 124 valence electrons. The number of nitrogens with one attached hydrogen (secondary N) is 1. The first-order chi connectivity index (χ1) is 11.1. The molecule has 5 nitrogen and oxygen atoms in total. The van der Waals surface area contributed by atoms with E-state index in [1.165, 1.54) is 5.69 Å². The molecule has 1 unspecified atom stereocenters. The van der Waals surface area contributed by atoms with Crippen LogP contribution in [0.25, 0.3) is 0 Å². The van der Waals surface area contributed by atoms with Gasteiger partial charge in [-0.2, -0.15) is 5.10 Å². The minimum Gasteiger partial charge on any atom is -0.481 e. The maximum atomic E-state index is 6.09. The highest BCUT2D eigenvalue weighted by Gasteiger charge is 2.23. The second-order valence-electron chi connectivity index (χ2n) is 5.99. The minimum atomic E-state index is 0.457. The topological polar surface area (TPSA) is 42.3 Å². The number of aryl methyl sites for hydroxylation is 2. The normalized spacial score (nSPS) is 17.7. The lowest BCUT2D eigenvalue weighted by Crippen LogP contribution is -2.32. The van der Waals surface area contributed by atoms with E-state index in [0.29, 0.717) is 6.04 Å². The third-order valence-electron chi connectivity index (χ3n) is 4.41. The van der Waals surface area contributed by atoms with Gasteiger partial charge in [-0.25, -0.2) is 4.68 Å². The Balaban J connectivity index is 1.61. The smallest absolute Gasteiger partial charge is 0.216 e. The van der Waals surface area contributed by atoms with E-state index >= 15 is 0 Å². The molecule has 2 heterocycles. The lowest BCUT2D eigenvalue weighted by atomic mass is 10.2. The van der Waals surface area contributed by atoms with Crippen LogP contribution >= 0.6 is 11.6 Å². The Bertz CT molecular complexity index is 685. The van der Waals surface area contributed by atoms with Gasteiger partial charge in [0.2, 0.25) is 5.88 Å². The summed E-state index contributed by atoms with van der Waals surface area (Å²) in [5, 5.41) is 8.85. The maximum Gasteiger partial charge on any atom is 0.216 e. The van der Waals surface area contributed by atoms with Crippen molar-refractivity contribution < 1.29 is 4.74 Å². The number of methoxy groups -OCH3 is 1. The Morgan fingerprint density at radius 2 is 2.26 bits per heavy atom. The van der Waals surface area contributed by atoms with E-state index in [2.05, 4.69) is 21.4 Å². The monoisotopic (exact) mass is 334 g/mol. The highest BCUT2D eigenvalue weighted by Crippen LogP contribution is 2.25. The Labute approximate surface area is 142 Å². The molecule has 0 spiro atoms. The second-order valence-corrected chi connectivity index (χ2v) is 6.43. The summed E-state index contributed by atoms with van der Waals surface area (Å²) < 4.78 is 7.24. The van der Waals surface area contributed by atoms with Crippen molar-refractivity contribution >= 4 is 17.3 Å². The van der Waals surface area contributed by atoms with Gasteiger partial charge >= 0.3 is 0 Å². The zero-order chi connectivity index (χ0) is 16.4. The van der Waals surface area contributed by atoms with E-state index < -0.39 is 0 Å². The molecule has 1 aliphatic rings. The molecule has 2 aromatic rings. The van der Waals surface area contributed by atoms with Gasteiger partial charge in [0.25, 0.3) is 0 Å². The van der Waals surface area contributed by atoms with Crippen LogP contribution in [0.2, 0.25) is 5.02 Å². The zero-order valence-corrected chi connectivity index (χ0v) is 14.6. The fraction of sp³-hybridized carbons (Fsp3) is 0.471. The number of hydrogen-bond acceptors (Lipinski definition) is 4. The van der Waals surface area contributed by atoms with Crippen LogP contribution in [0.15, 0.2) is 24.3 Å². The van der Waals surface area contributed by atoms with Gasteiger partial charge in [0.15, 0.2) is 0 Å². The summed E-state index contributed by atoms with van der Waals surface area (Å²) in [5.41, 5.74) is 3.34. The summed E-state index contributed by atoms with van der Waals surface area (Å²) in [6, 6.07) is 8.51. The average molecular weight is 335 g/mol. The molecule has 23 heavy (non-hydrogen) atoms. The van der Waals surface area contributed by atoms with E-state index in [0.717, 1.165) is 48.2 Å². The van der Waals surface area contributed by atoms with Gasteiger partial charge in [0, 0.05) is 43.4 Å². The summed E-state index contributed by atoms with van der Waals surface area (Å²) in [6.07, 6.45) is 1.12. The fourth-order valence-electron chi connectivity index (χ4n) is 3.22. The largest absolute Gasteiger partial charge is 0.481 e. The highest BCUT2D eigenvalue weighted by molar-refractivity contribution is 6.30. The summed E-state index contributed by atoms with van der Waals surface area (Å²) in [5.74, 6) is 0.833. The van der Waals surface area contributed by atoms with Gasteiger partial charge in [-0.1, -0.05) is 17.7 Å². The molecule has 1 aromatic carbocycles. The quantitative estimate of drug-likeness (QED) is 0.913. The highest BCUT2D eigenvalue weighted by atomic mass is 35.5. The summed E-state index contributed by atoms with van der Waals surface area (Å²) in [6.45, 7) is 4.83. The Kier molecular flexibility index (Phi) is 4.78. The molecule has 0 aliphatic carbocycles. The van der Waals surface area contributed by atoms with Crippen molar-refractivity contribution in [1.29, 1.82) is 0 Å². The van der Waals surface area contributed by atoms with E-state index in [-0.39, 0.29) is 0 Å². The third-order valence-corrected chi connectivity index (χ3v) is 4.65. The molecule has 1 aromatic heterocycles. The number of anilines is 1. The van der Waals surface area contributed by atoms with E-state index in [1.807, 2.05) is 32.2 Å². The van der Waals surface area contributed by atoms with Crippen molar-refractivity contribution in [3.63, 3.8) is 0 Å². The second kappa shape index (κ2) is 6.81. The van der Waals surface area contributed by atoms with Crippen LogP contribution in [0.1, 0.15) is 17.7 Å². The standard InChI is InChI=1S/C17H23ClN4O/c1-12-16(17(23-3)21(2)20-12)10-19-14-7-8-22(11-14)15-6-4-5-13(18)9-15/h4-6,9,14,19H,7-8,10-11H2,1-3H3. The van der Waals surface area contributed by atoms with Crippen molar-refractivity contribution in [2.75, 3.05) is 25.1 Å². The van der Waals surface area contributed by atoms with Gasteiger partial charge < -0.3 is 15.0 Å². The molecule has 0 saturated carbocycles. The fourth-order valence-corrected chi connectivity index (χ4v) is 3.40. The molecule has 0 bridgehead atoms. The molecule has 1 N–H and O–H groups in total. The molecule has 1 atom stereocenters. The van der Waals surface area contributed by atoms with Gasteiger partial charge in [-0.05, 0) is 31.5 Å².